The molecule has 2 aromatic carbocycles. The standard InChI is InChI=1S/C18H16N2O4/c1-10-6-7-11(2)14(8-10)24-9-15(21)19-13-5-3-4-12-16(13)18(23)20-17(12)22/h3-8H,9H2,1-2H3,(H,19,21)(H,20,22,23). The maximum absolute atomic E-state index is 12.1. The minimum absolute atomic E-state index is 0.183. The summed E-state index contributed by atoms with van der Waals surface area (Å²) >= 11 is 0. The van der Waals surface area contributed by atoms with Crippen molar-refractivity contribution in [2.75, 3.05) is 11.9 Å². The van der Waals surface area contributed by atoms with Crippen molar-refractivity contribution in [1.29, 1.82) is 0 Å². The van der Waals surface area contributed by atoms with Gasteiger partial charge in [0.15, 0.2) is 6.61 Å². The van der Waals surface area contributed by atoms with E-state index in [-0.39, 0.29) is 17.7 Å². The van der Waals surface area contributed by atoms with Crippen LogP contribution in [0.15, 0.2) is 36.4 Å². The van der Waals surface area contributed by atoms with E-state index < -0.39 is 17.7 Å². The number of fused-ring (bicyclic) bond motifs is 1. The number of amides is 3. The van der Waals surface area contributed by atoms with E-state index >= 15 is 0 Å². The Labute approximate surface area is 138 Å². The van der Waals surface area contributed by atoms with Gasteiger partial charge in [0.05, 0.1) is 16.8 Å². The molecule has 1 aliphatic rings. The third-order valence-electron chi connectivity index (χ3n) is 3.74. The molecule has 3 rings (SSSR count). The molecule has 24 heavy (non-hydrogen) atoms. The van der Waals surface area contributed by atoms with Gasteiger partial charge in [-0.3, -0.25) is 19.7 Å². The Kier molecular flexibility index (Phi) is 4.04. The molecule has 1 aliphatic heterocycles. The van der Waals surface area contributed by atoms with Gasteiger partial charge in [-0.25, -0.2) is 0 Å². The summed E-state index contributed by atoms with van der Waals surface area (Å²) in [6, 6.07) is 10.5. The number of imide groups is 1. The van der Waals surface area contributed by atoms with Crippen LogP contribution >= 0.6 is 0 Å². The van der Waals surface area contributed by atoms with Gasteiger partial charge in [0, 0.05) is 0 Å². The van der Waals surface area contributed by atoms with E-state index in [1.807, 2.05) is 32.0 Å². The van der Waals surface area contributed by atoms with Gasteiger partial charge in [-0.15, -0.1) is 0 Å². The minimum atomic E-state index is -0.513. The number of aryl methyl sites for hydroxylation is 2. The maximum Gasteiger partial charge on any atom is 0.262 e. The first-order valence-electron chi connectivity index (χ1n) is 7.44. The molecule has 0 aromatic heterocycles. The quantitative estimate of drug-likeness (QED) is 0.845. The summed E-state index contributed by atoms with van der Waals surface area (Å²) in [5.41, 5.74) is 2.70. The Morgan fingerprint density at radius 1 is 1.12 bits per heavy atom. The predicted octanol–water partition coefficient (Wildman–Crippen LogP) is 2.20. The summed E-state index contributed by atoms with van der Waals surface area (Å²) in [6.07, 6.45) is 0. The van der Waals surface area contributed by atoms with Gasteiger partial charge in [0.2, 0.25) is 0 Å². The average Bonchev–Trinajstić information content (AvgIpc) is 2.84. The first-order valence-corrected chi connectivity index (χ1v) is 7.44. The van der Waals surface area contributed by atoms with Crippen molar-refractivity contribution in [3.05, 3.63) is 58.7 Å². The zero-order valence-electron chi connectivity index (χ0n) is 13.3. The smallest absolute Gasteiger partial charge is 0.262 e. The van der Waals surface area contributed by atoms with Crippen LogP contribution in [0.2, 0.25) is 0 Å². The average molecular weight is 324 g/mol. The number of carbonyl (C=O) groups excluding carboxylic acids is 3. The Morgan fingerprint density at radius 3 is 2.71 bits per heavy atom. The summed E-state index contributed by atoms with van der Waals surface area (Å²) in [4.78, 5) is 35.6. The molecule has 3 amide bonds. The van der Waals surface area contributed by atoms with Crippen LogP contribution in [-0.2, 0) is 4.79 Å². The molecule has 1 heterocycles. The molecule has 0 spiro atoms. The van der Waals surface area contributed by atoms with Crippen molar-refractivity contribution < 1.29 is 19.1 Å². The Hall–Kier alpha value is -3.15. The van der Waals surface area contributed by atoms with Crippen LogP contribution in [0, 0.1) is 13.8 Å². The van der Waals surface area contributed by atoms with E-state index in [1.165, 1.54) is 6.07 Å². The number of benzene rings is 2. The largest absolute Gasteiger partial charge is 0.483 e. The molecule has 0 saturated carbocycles. The van der Waals surface area contributed by atoms with Crippen LogP contribution in [0.3, 0.4) is 0 Å². The highest BCUT2D eigenvalue weighted by Gasteiger charge is 2.29. The van der Waals surface area contributed by atoms with Gasteiger partial charge >= 0.3 is 0 Å². The van der Waals surface area contributed by atoms with Gasteiger partial charge in [-0.1, -0.05) is 18.2 Å². The van der Waals surface area contributed by atoms with E-state index in [1.54, 1.807) is 12.1 Å². The topological polar surface area (TPSA) is 84.5 Å². The van der Waals surface area contributed by atoms with Crippen LogP contribution < -0.4 is 15.4 Å². The van der Waals surface area contributed by atoms with E-state index in [9.17, 15) is 14.4 Å². The highest BCUT2D eigenvalue weighted by molar-refractivity contribution is 6.24. The molecule has 2 N–H and O–H groups in total. The zero-order valence-corrected chi connectivity index (χ0v) is 13.3. The number of ether oxygens (including phenoxy) is 1. The van der Waals surface area contributed by atoms with Gasteiger partial charge in [-0.05, 0) is 43.2 Å². The molecular weight excluding hydrogens is 308 g/mol. The fraction of sp³-hybridized carbons (Fsp3) is 0.167. The lowest BCUT2D eigenvalue weighted by Gasteiger charge is -2.11. The summed E-state index contributed by atoms with van der Waals surface area (Å²) in [5.74, 6) is -0.744. The fourth-order valence-corrected chi connectivity index (χ4v) is 2.52. The fourth-order valence-electron chi connectivity index (χ4n) is 2.52. The number of nitrogens with one attached hydrogen (secondary N) is 2. The highest BCUT2D eigenvalue weighted by atomic mass is 16.5. The molecule has 6 heteroatoms. The third-order valence-corrected chi connectivity index (χ3v) is 3.74. The summed E-state index contributed by atoms with van der Waals surface area (Å²) in [5, 5.41) is 4.83. The second-order valence-corrected chi connectivity index (χ2v) is 5.62. The lowest BCUT2D eigenvalue weighted by atomic mass is 10.1. The lowest BCUT2D eigenvalue weighted by molar-refractivity contribution is -0.118. The van der Waals surface area contributed by atoms with E-state index in [4.69, 9.17) is 4.74 Å². The molecule has 0 unspecified atom stereocenters. The van der Waals surface area contributed by atoms with E-state index in [0.717, 1.165) is 11.1 Å². The number of hydrogen-bond donors (Lipinski definition) is 2. The van der Waals surface area contributed by atoms with Crippen molar-refractivity contribution >= 4 is 23.4 Å². The molecular formula is C18H16N2O4. The molecule has 0 aliphatic carbocycles. The molecule has 2 aromatic rings. The van der Waals surface area contributed by atoms with Crippen LogP contribution in [0.1, 0.15) is 31.8 Å². The van der Waals surface area contributed by atoms with Crippen LogP contribution in [0.4, 0.5) is 5.69 Å². The van der Waals surface area contributed by atoms with Gasteiger partial charge in [-0.2, -0.15) is 0 Å². The first-order chi connectivity index (χ1) is 11.5. The Morgan fingerprint density at radius 2 is 1.92 bits per heavy atom. The monoisotopic (exact) mass is 324 g/mol. The first kappa shape index (κ1) is 15.7. The molecule has 0 saturated heterocycles. The normalized spacial score (nSPS) is 12.6. The van der Waals surface area contributed by atoms with Crippen LogP contribution in [-0.4, -0.2) is 24.3 Å². The second kappa shape index (κ2) is 6.16. The highest BCUT2D eigenvalue weighted by Crippen LogP contribution is 2.24. The molecule has 0 radical (unpaired) electrons. The minimum Gasteiger partial charge on any atom is -0.483 e. The molecule has 6 nitrogen and oxygen atoms in total. The number of hydrogen-bond acceptors (Lipinski definition) is 4. The number of carbonyl (C=O) groups is 3. The Bertz CT molecular complexity index is 858. The number of rotatable bonds is 4. The van der Waals surface area contributed by atoms with Gasteiger partial charge < -0.3 is 10.1 Å². The third kappa shape index (κ3) is 2.99. The van der Waals surface area contributed by atoms with E-state index in [2.05, 4.69) is 10.6 Å². The van der Waals surface area contributed by atoms with Crippen molar-refractivity contribution in [2.24, 2.45) is 0 Å². The molecule has 0 atom stereocenters. The van der Waals surface area contributed by atoms with E-state index in [0.29, 0.717) is 11.4 Å². The molecule has 0 bridgehead atoms. The SMILES string of the molecule is Cc1ccc(C)c(OCC(=O)Nc2cccc3c2C(=O)NC3=O)c1. The van der Waals surface area contributed by atoms with Crippen molar-refractivity contribution in [1.82, 2.24) is 5.32 Å². The molecule has 122 valence electrons. The van der Waals surface area contributed by atoms with Crippen molar-refractivity contribution in [2.45, 2.75) is 13.8 Å². The van der Waals surface area contributed by atoms with Gasteiger partial charge in [0.1, 0.15) is 5.75 Å². The van der Waals surface area contributed by atoms with Crippen LogP contribution in [0.25, 0.3) is 0 Å². The second-order valence-electron chi connectivity index (χ2n) is 5.62. The van der Waals surface area contributed by atoms with Crippen LogP contribution in [0.5, 0.6) is 5.75 Å². The zero-order chi connectivity index (χ0) is 17.3. The number of anilines is 1. The summed E-state index contributed by atoms with van der Waals surface area (Å²) in [6.45, 7) is 3.64. The predicted molar refractivity (Wildman–Crippen MR) is 88.3 cm³/mol. The summed E-state index contributed by atoms with van der Waals surface area (Å²) in [7, 11) is 0. The van der Waals surface area contributed by atoms with Crippen molar-refractivity contribution in [3.8, 4) is 5.75 Å². The van der Waals surface area contributed by atoms with Gasteiger partial charge in [0.25, 0.3) is 17.7 Å². The Balaban J connectivity index is 1.71. The van der Waals surface area contributed by atoms with Crippen molar-refractivity contribution in [3.63, 3.8) is 0 Å². The molecule has 0 fully saturated rings. The summed E-state index contributed by atoms with van der Waals surface area (Å²) < 4.78 is 5.54. The maximum atomic E-state index is 12.1. The lowest BCUT2D eigenvalue weighted by Crippen LogP contribution is -2.23.